The Morgan fingerprint density at radius 1 is 1.27 bits per heavy atom. The minimum atomic E-state index is 0.515. The highest BCUT2D eigenvalue weighted by atomic mass is 32.2. The monoisotopic (exact) mass is 453 g/mol. The molecular formula is C25H23N7S. The molecule has 5 rings (SSSR count). The minimum absolute atomic E-state index is 0.515. The highest BCUT2D eigenvalue weighted by Gasteiger charge is 2.19. The molecule has 0 radical (unpaired) electrons. The zero-order valence-electron chi connectivity index (χ0n) is 18.3. The van der Waals surface area contributed by atoms with E-state index in [9.17, 15) is 5.26 Å². The predicted molar refractivity (Wildman–Crippen MR) is 128 cm³/mol. The van der Waals surface area contributed by atoms with Crippen LogP contribution in [0, 0.1) is 30.7 Å². The molecule has 0 spiro atoms. The van der Waals surface area contributed by atoms with Crippen LogP contribution in [0.15, 0.2) is 58.7 Å². The Hall–Kier alpha value is -3.59. The summed E-state index contributed by atoms with van der Waals surface area (Å²) in [6.07, 6.45) is 7.90. The lowest BCUT2D eigenvalue weighted by molar-refractivity contribution is 0.323. The number of pyridine rings is 1. The minimum Gasteiger partial charge on any atom is -0.316 e. The molecule has 1 saturated heterocycles. The summed E-state index contributed by atoms with van der Waals surface area (Å²) in [4.78, 5) is 5.40. The zero-order chi connectivity index (χ0) is 22.8. The molecule has 33 heavy (non-hydrogen) atoms. The summed E-state index contributed by atoms with van der Waals surface area (Å²) in [5, 5.41) is 22.2. The molecular weight excluding hydrogens is 430 g/mol. The van der Waals surface area contributed by atoms with Crippen molar-refractivity contribution in [3.8, 4) is 17.2 Å². The van der Waals surface area contributed by atoms with Crippen molar-refractivity contribution in [3.05, 3.63) is 71.6 Å². The van der Waals surface area contributed by atoms with Crippen LogP contribution >= 0.6 is 11.8 Å². The number of hydrogen-bond acceptors (Lipinski definition) is 5. The Bertz CT molecular complexity index is 1400. The van der Waals surface area contributed by atoms with E-state index >= 15 is 0 Å². The SMILES string of the molecule is [C-]#[N+]c1ccccc1Sc1cc(-c2cnn(C[C@@H]3CCCNC3)c2C)cn2ncc(C#N)c12. The van der Waals surface area contributed by atoms with Crippen LogP contribution in [-0.4, -0.2) is 32.5 Å². The maximum Gasteiger partial charge on any atom is 0.200 e. The van der Waals surface area contributed by atoms with Crippen LogP contribution in [-0.2, 0) is 6.54 Å². The molecule has 1 atom stereocenters. The highest BCUT2D eigenvalue weighted by Crippen LogP contribution is 2.40. The summed E-state index contributed by atoms with van der Waals surface area (Å²) in [6.45, 7) is 12.6. The van der Waals surface area contributed by atoms with Crippen LogP contribution < -0.4 is 5.32 Å². The lowest BCUT2D eigenvalue weighted by Crippen LogP contribution is -2.32. The van der Waals surface area contributed by atoms with Gasteiger partial charge in [0.1, 0.15) is 6.07 Å². The Kier molecular flexibility index (Phi) is 5.87. The Morgan fingerprint density at radius 2 is 2.15 bits per heavy atom. The summed E-state index contributed by atoms with van der Waals surface area (Å²) in [5.41, 5.74) is 5.02. The lowest BCUT2D eigenvalue weighted by atomic mass is 9.99. The first-order chi connectivity index (χ1) is 16.2. The van der Waals surface area contributed by atoms with E-state index in [-0.39, 0.29) is 0 Å². The van der Waals surface area contributed by atoms with Crippen LogP contribution in [0.2, 0.25) is 0 Å². The second-order valence-electron chi connectivity index (χ2n) is 8.28. The molecule has 1 aromatic carbocycles. The van der Waals surface area contributed by atoms with E-state index in [1.165, 1.54) is 24.6 Å². The van der Waals surface area contributed by atoms with Crippen LogP contribution in [0.3, 0.4) is 0 Å². The number of para-hydroxylation sites is 1. The van der Waals surface area contributed by atoms with Gasteiger partial charge < -0.3 is 5.32 Å². The maximum absolute atomic E-state index is 9.63. The van der Waals surface area contributed by atoms with Gasteiger partial charge in [0.15, 0.2) is 0 Å². The molecule has 8 heteroatoms. The van der Waals surface area contributed by atoms with Gasteiger partial charge in [-0.15, -0.1) is 0 Å². The van der Waals surface area contributed by atoms with Crippen LogP contribution in [0.1, 0.15) is 24.1 Å². The third-order valence-corrected chi connectivity index (χ3v) is 7.24. The van der Waals surface area contributed by atoms with E-state index in [1.807, 2.05) is 36.7 Å². The lowest BCUT2D eigenvalue weighted by Gasteiger charge is -2.23. The average molecular weight is 454 g/mol. The van der Waals surface area contributed by atoms with Crippen molar-refractivity contribution in [2.45, 2.75) is 36.1 Å². The van der Waals surface area contributed by atoms with Gasteiger partial charge >= 0.3 is 0 Å². The van der Waals surface area contributed by atoms with Gasteiger partial charge in [-0.1, -0.05) is 36.0 Å². The summed E-state index contributed by atoms with van der Waals surface area (Å²) in [7, 11) is 0. The summed E-state index contributed by atoms with van der Waals surface area (Å²) in [5.74, 6) is 0.591. The van der Waals surface area contributed by atoms with Gasteiger partial charge in [0.2, 0.25) is 5.69 Å². The number of nitrogens with zero attached hydrogens (tertiary/aromatic N) is 6. The molecule has 0 unspecified atom stereocenters. The number of nitrogens with one attached hydrogen (secondary N) is 1. The summed E-state index contributed by atoms with van der Waals surface area (Å²) < 4.78 is 3.86. The number of piperidine rings is 1. The van der Waals surface area contributed by atoms with Crippen molar-refractivity contribution in [3.63, 3.8) is 0 Å². The zero-order valence-corrected chi connectivity index (χ0v) is 19.1. The summed E-state index contributed by atoms with van der Waals surface area (Å²) >= 11 is 1.49. The van der Waals surface area contributed by atoms with Crippen molar-refractivity contribution < 1.29 is 0 Å². The number of fused-ring (bicyclic) bond motifs is 1. The molecule has 0 amide bonds. The highest BCUT2D eigenvalue weighted by molar-refractivity contribution is 7.99. The Balaban J connectivity index is 1.56. The van der Waals surface area contributed by atoms with Crippen LogP contribution in [0.4, 0.5) is 5.69 Å². The van der Waals surface area contributed by atoms with Crippen molar-refractivity contribution in [1.29, 1.82) is 5.26 Å². The molecule has 4 heterocycles. The Morgan fingerprint density at radius 3 is 2.94 bits per heavy atom. The number of hydrogen-bond donors (Lipinski definition) is 1. The molecule has 164 valence electrons. The first kappa shape index (κ1) is 21.3. The fourth-order valence-electron chi connectivity index (χ4n) is 4.38. The quantitative estimate of drug-likeness (QED) is 0.427. The van der Waals surface area contributed by atoms with Gasteiger partial charge in [0, 0.05) is 39.4 Å². The van der Waals surface area contributed by atoms with E-state index in [0.29, 0.717) is 17.2 Å². The third kappa shape index (κ3) is 4.11. The number of rotatable bonds is 5. The van der Waals surface area contributed by atoms with Gasteiger partial charge in [-0.3, -0.25) is 4.68 Å². The van der Waals surface area contributed by atoms with Crippen LogP contribution in [0.5, 0.6) is 0 Å². The van der Waals surface area contributed by atoms with E-state index in [4.69, 9.17) is 6.57 Å². The molecule has 1 N–H and O–H groups in total. The molecule has 1 fully saturated rings. The third-order valence-electron chi connectivity index (χ3n) is 6.15. The molecule has 0 bridgehead atoms. The van der Waals surface area contributed by atoms with Crippen LogP contribution in [0.25, 0.3) is 21.5 Å². The van der Waals surface area contributed by atoms with Crippen molar-refractivity contribution in [1.82, 2.24) is 24.7 Å². The van der Waals surface area contributed by atoms with E-state index < -0.39 is 0 Å². The van der Waals surface area contributed by atoms with Gasteiger partial charge in [0.05, 0.1) is 30.0 Å². The molecule has 1 aliphatic rings. The molecule has 0 saturated carbocycles. The fourth-order valence-corrected chi connectivity index (χ4v) is 5.47. The number of benzene rings is 1. The second kappa shape index (κ2) is 9.11. The normalized spacial score (nSPS) is 15.9. The second-order valence-corrected chi connectivity index (χ2v) is 9.36. The predicted octanol–water partition coefficient (Wildman–Crippen LogP) is 5.08. The van der Waals surface area contributed by atoms with Gasteiger partial charge in [0.25, 0.3) is 0 Å². The maximum atomic E-state index is 9.63. The smallest absolute Gasteiger partial charge is 0.200 e. The Labute approximate surface area is 196 Å². The molecule has 3 aromatic heterocycles. The molecule has 7 nitrogen and oxygen atoms in total. The molecule has 0 aliphatic carbocycles. The van der Waals surface area contributed by atoms with Gasteiger partial charge in [-0.25, -0.2) is 9.36 Å². The topological polar surface area (TPSA) is 75.3 Å². The van der Waals surface area contributed by atoms with Crippen molar-refractivity contribution in [2.75, 3.05) is 13.1 Å². The number of aromatic nitrogens is 4. The van der Waals surface area contributed by atoms with Gasteiger partial charge in [-0.2, -0.15) is 15.5 Å². The standard InChI is InChI=1S/C25H23N7S/c1-17-21(14-30-31(17)15-18-6-5-9-28-12-18)19-10-24(25-20(11-26)13-29-32(25)16-19)33-23-8-4-3-7-22(23)27-2/h3-4,7-8,10,13-14,16,18,28H,5-6,9,12,15H2,1H3/t18-/m1/s1. The fraction of sp³-hybridized carbons (Fsp3) is 0.280. The van der Waals surface area contributed by atoms with E-state index in [2.05, 4.69) is 44.1 Å². The van der Waals surface area contributed by atoms with Crippen molar-refractivity contribution in [2.24, 2.45) is 5.92 Å². The first-order valence-electron chi connectivity index (χ1n) is 11.0. The molecule has 4 aromatic rings. The van der Waals surface area contributed by atoms with E-state index in [0.717, 1.165) is 51.8 Å². The summed E-state index contributed by atoms with van der Waals surface area (Å²) in [6, 6.07) is 11.9. The average Bonchev–Trinajstić information content (AvgIpc) is 3.43. The number of nitriles is 1. The largest absolute Gasteiger partial charge is 0.316 e. The van der Waals surface area contributed by atoms with Gasteiger partial charge in [-0.05, 0) is 44.8 Å². The van der Waals surface area contributed by atoms with E-state index in [1.54, 1.807) is 10.7 Å². The first-order valence-corrected chi connectivity index (χ1v) is 11.8. The molecule has 1 aliphatic heterocycles. The van der Waals surface area contributed by atoms with Crippen molar-refractivity contribution >= 4 is 23.0 Å².